The molecule has 1 aliphatic heterocycles. The van der Waals surface area contributed by atoms with Crippen LogP contribution in [0.15, 0.2) is 97.5 Å². The van der Waals surface area contributed by atoms with Gasteiger partial charge >= 0.3 is 6.09 Å². The second-order valence-electron chi connectivity index (χ2n) is 15.3. The zero-order valence-corrected chi connectivity index (χ0v) is 32.3. The molecule has 13 nitrogen and oxygen atoms in total. The number of anilines is 1. The Hall–Kier alpha value is -5.89. The molecule has 1 fully saturated rings. The zero-order valence-electron chi connectivity index (χ0n) is 32.3. The molecule has 2 atom stereocenters. The van der Waals surface area contributed by atoms with E-state index in [-0.39, 0.29) is 36.6 Å². The summed E-state index contributed by atoms with van der Waals surface area (Å²) in [6.07, 6.45) is 3.10. The number of alkyl carbamates (subject to hydrolysis) is 1. The molecule has 296 valence electrons. The molecule has 2 heterocycles. The Morgan fingerprint density at radius 3 is 2.12 bits per heavy atom. The van der Waals surface area contributed by atoms with Gasteiger partial charge in [0.25, 0.3) is 5.91 Å². The van der Waals surface area contributed by atoms with Crippen LogP contribution in [0.25, 0.3) is 0 Å². The summed E-state index contributed by atoms with van der Waals surface area (Å²) >= 11 is 0. The molecular weight excluding hydrogens is 719 g/mol. The average Bonchev–Trinajstić information content (AvgIpc) is 3.61. The maximum Gasteiger partial charge on any atom is 0.408 e. The van der Waals surface area contributed by atoms with Crippen molar-refractivity contribution in [2.75, 3.05) is 25.0 Å². The molecule has 56 heavy (non-hydrogen) atoms. The van der Waals surface area contributed by atoms with Crippen molar-refractivity contribution in [3.8, 4) is 0 Å². The Kier molecular flexibility index (Phi) is 13.4. The minimum atomic E-state index is -1.46. The number of hydrogen-bond donors (Lipinski definition) is 3. The maximum absolute atomic E-state index is 14.2. The van der Waals surface area contributed by atoms with Crippen LogP contribution in [0.1, 0.15) is 75.0 Å². The number of ether oxygens (including phenoxy) is 2. The molecule has 1 aromatic heterocycles. The number of carbonyl (C=O) groups is 5. The summed E-state index contributed by atoms with van der Waals surface area (Å²) in [4.78, 5) is 73.1. The highest BCUT2D eigenvalue weighted by molar-refractivity contribution is 5.99. The predicted molar refractivity (Wildman–Crippen MR) is 207 cm³/mol. The number of nitrogens with zero attached hydrogens (tertiary/aromatic N) is 3. The van der Waals surface area contributed by atoms with Gasteiger partial charge < -0.3 is 34.9 Å². The van der Waals surface area contributed by atoms with Crippen LogP contribution in [0.5, 0.6) is 0 Å². The van der Waals surface area contributed by atoms with Gasteiger partial charge in [0.1, 0.15) is 29.0 Å². The molecular formula is C42H49FN6O7. The normalized spacial score (nSPS) is 14.6. The fraction of sp³-hybridized carbons (Fsp3) is 0.381. The number of rotatable bonds is 14. The third kappa shape index (κ3) is 11.3. The fourth-order valence-corrected chi connectivity index (χ4v) is 6.22. The number of Topliss-reactive ketones (excluding diaryl/α,β-unsaturated/α-hetero) is 1. The number of piperidine rings is 1. The van der Waals surface area contributed by atoms with Crippen LogP contribution in [0.2, 0.25) is 0 Å². The number of ketones is 1. The molecule has 4 amide bonds. The van der Waals surface area contributed by atoms with Crippen molar-refractivity contribution in [2.45, 2.75) is 77.3 Å². The monoisotopic (exact) mass is 768 g/mol. The van der Waals surface area contributed by atoms with Gasteiger partial charge in [0, 0.05) is 30.8 Å². The van der Waals surface area contributed by atoms with E-state index < -0.39 is 46.9 Å². The molecule has 0 radical (unpaired) electrons. The van der Waals surface area contributed by atoms with Crippen molar-refractivity contribution in [3.63, 3.8) is 0 Å². The summed E-state index contributed by atoms with van der Waals surface area (Å²) in [6.45, 7) is 8.74. The molecule has 14 heteroatoms. The molecule has 0 saturated carbocycles. The van der Waals surface area contributed by atoms with Crippen LogP contribution < -0.4 is 16.0 Å². The summed E-state index contributed by atoms with van der Waals surface area (Å²) in [5, 5.41) is 7.98. The average molecular weight is 769 g/mol. The standard InChI is InChI=1S/C42H49FN6O7/c1-41(2,3)56-40(54)47-42(4,5)39(53)45-33(26-55-25-28-12-8-6-9-13-28)37(51)46-34-24-49(27-44-34)35(29-14-10-7-11-15-29)38(52)48-22-20-31(21-23-48)36(50)30-16-18-32(43)19-17-30/h6-19,24,27,31,33,35H,20-23,25-26H2,1-5H3,(H,45,53)(H,46,51)(H,47,54)/t33-,35?/m1/s1. The van der Waals surface area contributed by atoms with Crippen molar-refractivity contribution in [3.05, 3.63) is 120 Å². The van der Waals surface area contributed by atoms with Crippen LogP contribution in [0.3, 0.4) is 0 Å². The van der Waals surface area contributed by atoms with E-state index in [0.717, 1.165) is 5.56 Å². The van der Waals surface area contributed by atoms with E-state index in [0.29, 0.717) is 37.1 Å². The number of imidazole rings is 1. The third-order valence-corrected chi connectivity index (χ3v) is 9.21. The van der Waals surface area contributed by atoms with Crippen LogP contribution in [-0.2, 0) is 30.5 Å². The molecule has 3 N–H and O–H groups in total. The number of halogens is 1. The molecule has 0 aliphatic carbocycles. The van der Waals surface area contributed by atoms with Crippen molar-refractivity contribution < 1.29 is 37.8 Å². The second-order valence-corrected chi connectivity index (χ2v) is 15.3. The van der Waals surface area contributed by atoms with E-state index in [1.165, 1.54) is 50.6 Å². The highest BCUT2D eigenvalue weighted by Crippen LogP contribution is 2.28. The van der Waals surface area contributed by atoms with Gasteiger partial charge in [-0.3, -0.25) is 19.2 Å². The topological polar surface area (TPSA) is 161 Å². The molecule has 0 spiro atoms. The van der Waals surface area contributed by atoms with E-state index in [9.17, 15) is 28.4 Å². The first kappa shape index (κ1) is 41.3. The Morgan fingerprint density at radius 2 is 1.50 bits per heavy atom. The van der Waals surface area contributed by atoms with Crippen LogP contribution >= 0.6 is 0 Å². The lowest BCUT2D eigenvalue weighted by Gasteiger charge is -2.34. The smallest absolute Gasteiger partial charge is 0.408 e. The molecule has 1 aliphatic rings. The fourth-order valence-electron chi connectivity index (χ4n) is 6.22. The lowest BCUT2D eigenvalue weighted by Crippen LogP contribution is -2.59. The zero-order chi connectivity index (χ0) is 40.5. The number of likely N-dealkylation sites (tertiary alicyclic amines) is 1. The molecule has 1 unspecified atom stereocenters. The summed E-state index contributed by atoms with van der Waals surface area (Å²) < 4.78 is 26.2. The van der Waals surface area contributed by atoms with E-state index in [1.54, 1.807) is 30.2 Å². The first-order valence-electron chi connectivity index (χ1n) is 18.5. The Labute approximate surface area is 326 Å². The van der Waals surface area contributed by atoms with Gasteiger partial charge in [-0.25, -0.2) is 14.2 Å². The van der Waals surface area contributed by atoms with Gasteiger partial charge in [-0.1, -0.05) is 60.7 Å². The van der Waals surface area contributed by atoms with E-state index in [2.05, 4.69) is 20.9 Å². The lowest BCUT2D eigenvalue weighted by molar-refractivity contribution is -0.134. The Bertz CT molecular complexity index is 1970. The van der Waals surface area contributed by atoms with Gasteiger partial charge in [0.2, 0.25) is 11.8 Å². The summed E-state index contributed by atoms with van der Waals surface area (Å²) in [5.41, 5.74) is -0.257. The van der Waals surface area contributed by atoms with Crippen LogP contribution in [0.4, 0.5) is 15.0 Å². The molecule has 3 aromatic carbocycles. The molecule has 0 bridgehead atoms. The summed E-state index contributed by atoms with van der Waals surface area (Å²) in [7, 11) is 0. The SMILES string of the molecule is CC(C)(C)OC(=O)NC(C)(C)C(=O)N[C@H](COCc1ccccc1)C(=O)Nc1cn(C(C(=O)N2CCC(C(=O)c3ccc(F)cc3)CC2)c2ccccc2)cn1. The number of hydrogen-bond acceptors (Lipinski definition) is 8. The highest BCUT2D eigenvalue weighted by Gasteiger charge is 2.36. The largest absolute Gasteiger partial charge is 0.444 e. The first-order valence-corrected chi connectivity index (χ1v) is 18.5. The number of benzene rings is 3. The summed E-state index contributed by atoms with van der Waals surface area (Å²) in [5.74, 6) is -2.16. The number of nitrogens with one attached hydrogen (secondary N) is 3. The van der Waals surface area contributed by atoms with Gasteiger partial charge in [-0.15, -0.1) is 0 Å². The van der Waals surface area contributed by atoms with E-state index in [4.69, 9.17) is 9.47 Å². The molecule has 1 saturated heterocycles. The Morgan fingerprint density at radius 1 is 0.875 bits per heavy atom. The van der Waals surface area contributed by atoms with Gasteiger partial charge in [-0.05, 0) is 82.9 Å². The minimum Gasteiger partial charge on any atom is -0.444 e. The van der Waals surface area contributed by atoms with Crippen molar-refractivity contribution in [2.24, 2.45) is 5.92 Å². The first-order chi connectivity index (χ1) is 26.6. The number of amides is 4. The maximum atomic E-state index is 14.2. The van der Waals surface area contributed by atoms with Crippen molar-refractivity contribution in [1.82, 2.24) is 25.1 Å². The van der Waals surface area contributed by atoms with Gasteiger partial charge in [-0.2, -0.15) is 0 Å². The predicted octanol–water partition coefficient (Wildman–Crippen LogP) is 5.68. The van der Waals surface area contributed by atoms with Gasteiger partial charge in [0.15, 0.2) is 11.6 Å². The second kappa shape index (κ2) is 18.2. The highest BCUT2D eigenvalue weighted by atomic mass is 19.1. The molecule has 5 rings (SSSR count). The lowest BCUT2D eigenvalue weighted by atomic mass is 9.88. The van der Waals surface area contributed by atoms with Crippen LogP contribution in [0, 0.1) is 11.7 Å². The summed E-state index contributed by atoms with van der Waals surface area (Å²) in [6, 6.07) is 21.9. The molecule has 4 aromatic rings. The van der Waals surface area contributed by atoms with Crippen LogP contribution in [-0.4, -0.2) is 80.9 Å². The van der Waals surface area contributed by atoms with Crippen molar-refractivity contribution >= 4 is 35.4 Å². The van der Waals surface area contributed by atoms with E-state index >= 15 is 0 Å². The number of carbonyl (C=O) groups excluding carboxylic acids is 5. The number of aromatic nitrogens is 2. The quantitative estimate of drug-likeness (QED) is 0.138. The minimum absolute atomic E-state index is 0.0745. The van der Waals surface area contributed by atoms with Crippen molar-refractivity contribution in [1.29, 1.82) is 0 Å². The Balaban J connectivity index is 1.29. The van der Waals surface area contributed by atoms with Gasteiger partial charge in [0.05, 0.1) is 19.5 Å². The third-order valence-electron chi connectivity index (χ3n) is 9.21. The van der Waals surface area contributed by atoms with E-state index in [1.807, 2.05) is 60.7 Å².